The van der Waals surface area contributed by atoms with Gasteiger partial charge >= 0.3 is 0 Å². The number of phenols is 2. The molecule has 2 aromatic carbocycles. The van der Waals surface area contributed by atoms with Gasteiger partial charge in [-0.1, -0.05) is 52.0 Å². The maximum Gasteiger partial charge on any atom is 0.119 e. The Bertz CT molecular complexity index is 686. The summed E-state index contributed by atoms with van der Waals surface area (Å²) in [6.07, 6.45) is 1.81. The first-order valence-electron chi connectivity index (χ1n) is 9.96. The molecule has 0 heterocycles. The minimum absolute atomic E-state index is 0.0891. The summed E-state index contributed by atoms with van der Waals surface area (Å²) in [5.74, 6) is 1.32. The average molecular weight is 371 g/mol. The van der Waals surface area contributed by atoms with E-state index in [1.165, 1.54) is 11.1 Å². The summed E-state index contributed by atoms with van der Waals surface area (Å²) in [6, 6.07) is 11.7. The molecule has 0 radical (unpaired) electrons. The van der Waals surface area contributed by atoms with Crippen molar-refractivity contribution in [2.24, 2.45) is 0 Å². The molecule has 2 unspecified atom stereocenters. The van der Waals surface area contributed by atoms with Gasteiger partial charge in [0, 0.05) is 0 Å². The van der Waals surface area contributed by atoms with E-state index < -0.39 is 0 Å². The molecule has 0 aliphatic heterocycles. The summed E-state index contributed by atoms with van der Waals surface area (Å²) in [5, 5.41) is 20.0. The lowest BCUT2D eigenvalue weighted by atomic mass is 9.97. The molecule has 0 saturated heterocycles. The van der Waals surface area contributed by atoms with Crippen molar-refractivity contribution in [3.63, 3.8) is 0 Å². The van der Waals surface area contributed by atoms with Gasteiger partial charge in [0.05, 0.1) is 12.2 Å². The normalized spacial score (nSPS) is 13.9. The minimum atomic E-state index is 0.0891. The van der Waals surface area contributed by atoms with Crippen LogP contribution in [0.1, 0.15) is 75.6 Å². The Balaban J connectivity index is 1.97. The first-order chi connectivity index (χ1) is 12.7. The van der Waals surface area contributed by atoms with Gasteiger partial charge in [-0.25, -0.2) is 0 Å². The molecular formula is C24H34O3. The number of rotatable bonds is 8. The fourth-order valence-electron chi connectivity index (χ4n) is 3.54. The molecule has 2 N–H and O–H groups in total. The smallest absolute Gasteiger partial charge is 0.119 e. The second-order valence-corrected chi connectivity index (χ2v) is 8.26. The van der Waals surface area contributed by atoms with E-state index in [0.29, 0.717) is 23.3 Å². The van der Waals surface area contributed by atoms with Gasteiger partial charge in [0.15, 0.2) is 0 Å². The first kappa shape index (κ1) is 21.3. The number of hydrogen-bond donors (Lipinski definition) is 2. The first-order valence-corrected chi connectivity index (χ1v) is 9.96. The molecule has 2 rings (SSSR count). The maximum absolute atomic E-state index is 9.98. The summed E-state index contributed by atoms with van der Waals surface area (Å²) in [5.41, 5.74) is 4.34. The number of ether oxygens (including phenoxy) is 1. The van der Waals surface area contributed by atoms with Crippen LogP contribution in [-0.4, -0.2) is 22.4 Å². The predicted octanol–water partition coefficient (Wildman–Crippen LogP) is 5.92. The molecule has 2 aromatic rings. The highest BCUT2D eigenvalue weighted by molar-refractivity contribution is 5.39. The van der Waals surface area contributed by atoms with Crippen molar-refractivity contribution in [3.8, 4) is 11.5 Å². The summed E-state index contributed by atoms with van der Waals surface area (Å²) in [7, 11) is 0. The lowest BCUT2D eigenvalue weighted by Gasteiger charge is -2.21. The quantitative estimate of drug-likeness (QED) is 0.606. The van der Waals surface area contributed by atoms with E-state index in [-0.39, 0.29) is 12.2 Å². The Morgan fingerprint density at radius 1 is 0.667 bits per heavy atom. The van der Waals surface area contributed by atoms with Crippen LogP contribution in [0.25, 0.3) is 0 Å². The zero-order valence-electron chi connectivity index (χ0n) is 17.5. The molecule has 3 nitrogen and oxygen atoms in total. The van der Waals surface area contributed by atoms with Gasteiger partial charge < -0.3 is 14.9 Å². The Kier molecular flexibility index (Phi) is 7.32. The van der Waals surface area contributed by atoms with Crippen LogP contribution in [0.5, 0.6) is 11.5 Å². The van der Waals surface area contributed by atoms with Crippen molar-refractivity contribution in [2.75, 3.05) is 0 Å². The fraction of sp³-hybridized carbons (Fsp3) is 0.500. The maximum atomic E-state index is 9.98. The van der Waals surface area contributed by atoms with Gasteiger partial charge in [0.25, 0.3) is 0 Å². The Hall–Kier alpha value is -2.00. The molecule has 0 aliphatic rings. The number of hydrogen-bond acceptors (Lipinski definition) is 3. The van der Waals surface area contributed by atoms with Gasteiger partial charge in [0.1, 0.15) is 11.5 Å². The fourth-order valence-corrected chi connectivity index (χ4v) is 3.54. The van der Waals surface area contributed by atoms with Crippen LogP contribution in [0.2, 0.25) is 0 Å². The highest BCUT2D eigenvalue weighted by Gasteiger charge is 2.14. The molecule has 3 heteroatoms. The third-order valence-corrected chi connectivity index (χ3v) is 4.94. The summed E-state index contributed by atoms with van der Waals surface area (Å²) in [4.78, 5) is 0. The van der Waals surface area contributed by atoms with E-state index in [1.54, 1.807) is 12.1 Å². The van der Waals surface area contributed by atoms with Crippen molar-refractivity contribution >= 4 is 0 Å². The molecule has 0 fully saturated rings. The number of phenolic OH excluding ortho intramolecular Hbond substituents is 2. The van der Waals surface area contributed by atoms with E-state index >= 15 is 0 Å². The predicted molar refractivity (Wildman–Crippen MR) is 112 cm³/mol. The van der Waals surface area contributed by atoms with Crippen molar-refractivity contribution in [3.05, 3.63) is 58.7 Å². The minimum Gasteiger partial charge on any atom is -0.508 e. The van der Waals surface area contributed by atoms with E-state index in [2.05, 4.69) is 53.7 Å². The highest BCUT2D eigenvalue weighted by atomic mass is 16.5. The van der Waals surface area contributed by atoms with Crippen molar-refractivity contribution in [1.29, 1.82) is 0 Å². The summed E-state index contributed by atoms with van der Waals surface area (Å²) < 4.78 is 6.19. The molecule has 0 aliphatic carbocycles. The number of aromatic hydroxyl groups is 2. The Labute approximate surface area is 164 Å². The van der Waals surface area contributed by atoms with Crippen LogP contribution in [-0.2, 0) is 17.6 Å². The van der Waals surface area contributed by atoms with Gasteiger partial charge in [-0.3, -0.25) is 0 Å². The lowest BCUT2D eigenvalue weighted by Crippen LogP contribution is -2.21. The van der Waals surface area contributed by atoms with Crippen molar-refractivity contribution in [1.82, 2.24) is 0 Å². The third-order valence-electron chi connectivity index (χ3n) is 4.94. The van der Waals surface area contributed by atoms with Crippen LogP contribution in [0.15, 0.2) is 36.4 Å². The van der Waals surface area contributed by atoms with Crippen LogP contribution in [0.3, 0.4) is 0 Å². The largest absolute Gasteiger partial charge is 0.508 e. The second-order valence-electron chi connectivity index (χ2n) is 8.26. The zero-order valence-corrected chi connectivity index (χ0v) is 17.5. The van der Waals surface area contributed by atoms with Gasteiger partial charge in [0.2, 0.25) is 0 Å². The summed E-state index contributed by atoms with van der Waals surface area (Å²) >= 11 is 0. The molecule has 0 bridgehead atoms. The van der Waals surface area contributed by atoms with E-state index in [4.69, 9.17) is 4.74 Å². The van der Waals surface area contributed by atoms with Gasteiger partial charge in [-0.05, 0) is 72.9 Å². The van der Waals surface area contributed by atoms with E-state index in [1.807, 2.05) is 12.1 Å². The Morgan fingerprint density at radius 2 is 1.04 bits per heavy atom. The standard InChI is InChI=1S/C24H34O3/c1-15(2)21-13-19(7-9-23(21)25)11-17(5)27-18(6)12-20-8-10-24(26)22(14-20)16(3)4/h7-10,13-18,25-26H,11-12H2,1-6H3. The van der Waals surface area contributed by atoms with Crippen molar-refractivity contribution < 1.29 is 14.9 Å². The summed E-state index contributed by atoms with van der Waals surface area (Å²) in [6.45, 7) is 12.5. The molecular weight excluding hydrogens is 336 g/mol. The van der Waals surface area contributed by atoms with Gasteiger partial charge in [-0.15, -0.1) is 0 Å². The van der Waals surface area contributed by atoms with Crippen LogP contribution in [0, 0.1) is 0 Å². The SMILES string of the molecule is CC(Cc1ccc(O)c(C(C)C)c1)OC(C)Cc1ccc(O)c(C(C)C)c1. The monoisotopic (exact) mass is 370 g/mol. The Morgan fingerprint density at radius 3 is 1.37 bits per heavy atom. The molecule has 0 saturated carbocycles. The van der Waals surface area contributed by atoms with Crippen LogP contribution >= 0.6 is 0 Å². The molecule has 0 amide bonds. The van der Waals surface area contributed by atoms with E-state index in [9.17, 15) is 10.2 Å². The number of benzene rings is 2. The molecule has 27 heavy (non-hydrogen) atoms. The van der Waals surface area contributed by atoms with Crippen molar-refractivity contribution in [2.45, 2.75) is 78.4 Å². The van der Waals surface area contributed by atoms with Crippen LogP contribution < -0.4 is 0 Å². The topological polar surface area (TPSA) is 49.7 Å². The van der Waals surface area contributed by atoms with Gasteiger partial charge in [-0.2, -0.15) is 0 Å². The second kappa shape index (κ2) is 9.27. The average Bonchev–Trinajstić information content (AvgIpc) is 2.57. The van der Waals surface area contributed by atoms with E-state index in [0.717, 1.165) is 24.0 Å². The zero-order chi connectivity index (χ0) is 20.1. The van der Waals surface area contributed by atoms with Crippen LogP contribution in [0.4, 0.5) is 0 Å². The molecule has 0 spiro atoms. The third kappa shape index (κ3) is 6.00. The lowest BCUT2D eigenvalue weighted by molar-refractivity contribution is 0.00941. The molecule has 2 atom stereocenters. The highest BCUT2D eigenvalue weighted by Crippen LogP contribution is 2.28. The molecule has 0 aromatic heterocycles. The molecule has 148 valence electrons.